The zero-order valence-corrected chi connectivity index (χ0v) is 10.3. The van der Waals surface area contributed by atoms with Gasteiger partial charge in [-0.05, 0) is 19.1 Å². The van der Waals surface area contributed by atoms with E-state index >= 15 is 0 Å². The summed E-state index contributed by atoms with van der Waals surface area (Å²) >= 11 is 0. The van der Waals surface area contributed by atoms with E-state index in [4.69, 9.17) is 0 Å². The number of anilines is 1. The molecule has 2 N–H and O–H groups in total. The lowest BCUT2D eigenvalue weighted by Crippen LogP contribution is -1.98. The number of nitrogens with one attached hydrogen (secondary N) is 2. The molecule has 0 bridgehead atoms. The molecule has 19 heavy (non-hydrogen) atoms. The summed E-state index contributed by atoms with van der Waals surface area (Å²) in [6, 6.07) is 7.90. The molecule has 0 saturated heterocycles. The molecule has 3 rings (SSSR count). The van der Waals surface area contributed by atoms with Crippen LogP contribution in [0.5, 0.6) is 0 Å². The van der Waals surface area contributed by atoms with Gasteiger partial charge in [-0.1, -0.05) is 24.3 Å². The van der Waals surface area contributed by atoms with Crippen molar-refractivity contribution < 1.29 is 0 Å². The Balaban J connectivity index is 1.99. The van der Waals surface area contributed by atoms with Gasteiger partial charge in [-0.15, -0.1) is 10.2 Å². The zero-order valence-electron chi connectivity index (χ0n) is 10.3. The number of H-pyrrole nitrogens is 1. The molecule has 6 nitrogen and oxygen atoms in total. The van der Waals surface area contributed by atoms with Crippen LogP contribution in [-0.4, -0.2) is 26.4 Å². The highest BCUT2D eigenvalue weighted by Gasteiger charge is 2.07. The van der Waals surface area contributed by atoms with Crippen LogP contribution in [0.15, 0.2) is 41.5 Å². The molecule has 0 radical (unpaired) electrons. The molecule has 0 atom stereocenters. The highest BCUT2D eigenvalue weighted by molar-refractivity contribution is 6.03. The summed E-state index contributed by atoms with van der Waals surface area (Å²) in [5, 5.41) is 13.1. The lowest BCUT2D eigenvalue weighted by Gasteiger charge is -1.95. The Morgan fingerprint density at radius 1 is 1.26 bits per heavy atom. The molecule has 0 saturated carbocycles. The minimum atomic E-state index is 0.361. The third kappa shape index (κ3) is 2.15. The predicted octanol–water partition coefficient (Wildman–Crippen LogP) is 2.48. The Kier molecular flexibility index (Phi) is 2.89. The van der Waals surface area contributed by atoms with E-state index in [0.29, 0.717) is 11.6 Å². The first-order chi connectivity index (χ1) is 9.38. The van der Waals surface area contributed by atoms with Crippen LogP contribution in [0, 0.1) is 0 Å². The summed E-state index contributed by atoms with van der Waals surface area (Å²) in [4.78, 5) is 7.53. The average Bonchev–Trinajstić information content (AvgIpc) is 2.81. The molecule has 0 fully saturated rings. The van der Waals surface area contributed by atoms with E-state index in [0.717, 1.165) is 16.4 Å². The maximum absolute atomic E-state index is 4.33. The number of rotatable bonds is 3. The Morgan fingerprint density at radius 2 is 2.16 bits per heavy atom. The number of para-hydroxylation sites is 1. The first-order valence-corrected chi connectivity index (χ1v) is 5.90. The van der Waals surface area contributed by atoms with Gasteiger partial charge in [0.2, 0.25) is 0 Å². The molecule has 1 aromatic carbocycles. The maximum Gasteiger partial charge on any atom is 0.265 e. The summed E-state index contributed by atoms with van der Waals surface area (Å²) in [5.41, 5.74) is 5.18. The van der Waals surface area contributed by atoms with Crippen molar-refractivity contribution in [1.29, 1.82) is 0 Å². The second kappa shape index (κ2) is 4.85. The number of aromatic amines is 1. The molecule has 0 aliphatic rings. The predicted molar refractivity (Wildman–Crippen MR) is 76.1 cm³/mol. The van der Waals surface area contributed by atoms with Crippen LogP contribution < -0.4 is 5.43 Å². The Labute approximate surface area is 109 Å². The van der Waals surface area contributed by atoms with Gasteiger partial charge in [0, 0.05) is 17.1 Å². The van der Waals surface area contributed by atoms with Gasteiger partial charge in [-0.25, -0.2) is 5.43 Å². The summed E-state index contributed by atoms with van der Waals surface area (Å²) in [6.07, 6.45) is 5.31. The van der Waals surface area contributed by atoms with Gasteiger partial charge < -0.3 is 4.98 Å². The van der Waals surface area contributed by atoms with Crippen molar-refractivity contribution in [2.24, 2.45) is 5.10 Å². The SMILES string of the molecule is C/C=C/C=N/Nc1nnc2c(n1)[nH]c1ccccc12. The molecule has 2 heterocycles. The number of fused-ring (bicyclic) bond motifs is 3. The van der Waals surface area contributed by atoms with Crippen molar-refractivity contribution in [3.8, 4) is 0 Å². The van der Waals surface area contributed by atoms with Gasteiger partial charge >= 0.3 is 0 Å². The molecular formula is C13H12N6. The Hall–Kier alpha value is -2.76. The maximum atomic E-state index is 4.33. The second-order valence-electron chi connectivity index (χ2n) is 3.92. The lowest BCUT2D eigenvalue weighted by molar-refractivity contribution is 1.01. The molecule has 94 valence electrons. The fourth-order valence-corrected chi connectivity index (χ4v) is 1.79. The normalized spacial score (nSPS) is 12.1. The van der Waals surface area contributed by atoms with E-state index < -0.39 is 0 Å². The van der Waals surface area contributed by atoms with Gasteiger partial charge in [0.25, 0.3) is 5.95 Å². The Morgan fingerprint density at radius 3 is 3.05 bits per heavy atom. The van der Waals surface area contributed by atoms with Crippen LogP contribution in [0.2, 0.25) is 0 Å². The van der Waals surface area contributed by atoms with Crippen molar-refractivity contribution in [3.63, 3.8) is 0 Å². The molecule has 0 spiro atoms. The van der Waals surface area contributed by atoms with Crippen molar-refractivity contribution in [3.05, 3.63) is 36.4 Å². The number of aromatic nitrogens is 4. The van der Waals surface area contributed by atoms with E-state index in [-0.39, 0.29) is 0 Å². The molecule has 2 aromatic heterocycles. The standard InChI is InChI=1S/C13H12N6/c1-2-3-8-14-18-13-16-12-11(17-19-13)9-6-4-5-7-10(9)15-12/h2-8H,1H3,(H2,15,16,18,19)/b3-2+,14-8+. The topological polar surface area (TPSA) is 78.8 Å². The van der Waals surface area contributed by atoms with Crippen LogP contribution in [-0.2, 0) is 0 Å². The first-order valence-electron chi connectivity index (χ1n) is 5.90. The number of benzene rings is 1. The number of nitrogens with zero attached hydrogens (tertiary/aromatic N) is 4. The molecule has 3 aromatic rings. The third-order valence-electron chi connectivity index (χ3n) is 2.64. The summed E-state index contributed by atoms with van der Waals surface area (Å²) in [7, 11) is 0. The van der Waals surface area contributed by atoms with Crippen LogP contribution >= 0.6 is 0 Å². The largest absolute Gasteiger partial charge is 0.338 e. The fraction of sp³-hybridized carbons (Fsp3) is 0.0769. The molecule has 6 heteroatoms. The fourth-order valence-electron chi connectivity index (χ4n) is 1.79. The molecule has 0 aliphatic heterocycles. The smallest absolute Gasteiger partial charge is 0.265 e. The van der Waals surface area contributed by atoms with Gasteiger partial charge in [0.15, 0.2) is 5.65 Å². The number of allylic oxidation sites excluding steroid dienone is 2. The number of hydrogen-bond acceptors (Lipinski definition) is 5. The lowest BCUT2D eigenvalue weighted by atomic mass is 10.2. The van der Waals surface area contributed by atoms with Crippen LogP contribution in [0.3, 0.4) is 0 Å². The van der Waals surface area contributed by atoms with E-state index in [1.165, 1.54) is 0 Å². The van der Waals surface area contributed by atoms with E-state index in [1.807, 2.05) is 43.3 Å². The van der Waals surface area contributed by atoms with Crippen molar-refractivity contribution in [2.75, 3.05) is 5.43 Å². The summed E-state index contributed by atoms with van der Waals surface area (Å²) < 4.78 is 0. The third-order valence-corrected chi connectivity index (χ3v) is 2.64. The van der Waals surface area contributed by atoms with Crippen molar-refractivity contribution in [1.82, 2.24) is 20.2 Å². The van der Waals surface area contributed by atoms with Crippen LogP contribution in [0.25, 0.3) is 22.1 Å². The van der Waals surface area contributed by atoms with Crippen LogP contribution in [0.4, 0.5) is 5.95 Å². The molecular weight excluding hydrogens is 240 g/mol. The minimum Gasteiger partial charge on any atom is -0.338 e. The Bertz CT molecular complexity index is 771. The summed E-state index contributed by atoms with van der Waals surface area (Å²) in [5.74, 6) is 0.361. The summed E-state index contributed by atoms with van der Waals surface area (Å²) in [6.45, 7) is 1.92. The number of hydrogen-bond donors (Lipinski definition) is 2. The van der Waals surface area contributed by atoms with Crippen LogP contribution in [0.1, 0.15) is 6.92 Å². The minimum absolute atomic E-state index is 0.361. The first kappa shape index (κ1) is 11.3. The molecule has 0 unspecified atom stereocenters. The second-order valence-corrected chi connectivity index (χ2v) is 3.92. The van der Waals surface area contributed by atoms with E-state index in [2.05, 4.69) is 30.7 Å². The monoisotopic (exact) mass is 252 g/mol. The molecule has 0 amide bonds. The van der Waals surface area contributed by atoms with E-state index in [1.54, 1.807) is 6.21 Å². The highest BCUT2D eigenvalue weighted by Crippen LogP contribution is 2.21. The highest BCUT2D eigenvalue weighted by atomic mass is 15.4. The van der Waals surface area contributed by atoms with Gasteiger partial charge in [-0.2, -0.15) is 10.1 Å². The van der Waals surface area contributed by atoms with Gasteiger partial charge in [-0.3, -0.25) is 0 Å². The quantitative estimate of drug-likeness (QED) is 0.554. The number of hydrazone groups is 1. The zero-order chi connectivity index (χ0) is 13.1. The van der Waals surface area contributed by atoms with Crippen molar-refractivity contribution in [2.45, 2.75) is 6.92 Å². The van der Waals surface area contributed by atoms with E-state index in [9.17, 15) is 0 Å². The van der Waals surface area contributed by atoms with Gasteiger partial charge in [0.1, 0.15) is 5.52 Å². The van der Waals surface area contributed by atoms with Gasteiger partial charge in [0.05, 0.1) is 0 Å². The average molecular weight is 252 g/mol. The van der Waals surface area contributed by atoms with Crippen molar-refractivity contribution >= 4 is 34.2 Å². The molecule has 0 aliphatic carbocycles.